The molecule has 0 aliphatic rings. The summed E-state index contributed by atoms with van der Waals surface area (Å²) in [7, 11) is 0. The number of aromatic nitrogens is 1. The van der Waals surface area contributed by atoms with Gasteiger partial charge in [-0.2, -0.15) is 0 Å². The zero-order valence-electron chi connectivity index (χ0n) is 9.54. The van der Waals surface area contributed by atoms with Crippen molar-refractivity contribution in [1.82, 2.24) is 4.57 Å². The van der Waals surface area contributed by atoms with Crippen molar-refractivity contribution in [3.05, 3.63) is 51.1 Å². The summed E-state index contributed by atoms with van der Waals surface area (Å²) in [5, 5.41) is 1.76. The van der Waals surface area contributed by atoms with Crippen molar-refractivity contribution in [2.24, 2.45) is 5.73 Å². The molecule has 0 unspecified atom stereocenters. The summed E-state index contributed by atoms with van der Waals surface area (Å²) < 4.78 is 7.17. The standard InChI is InChI=1S/C12H12N2O2S2/c13-11(17)9-2-1-3-10(8-9)16-6-4-14-5-7-18-12(14)15/h1-3,5,7-8H,4,6H2,(H2,13,17). The second-order valence-electron chi connectivity index (χ2n) is 3.60. The van der Waals surface area contributed by atoms with Crippen LogP contribution in [0, 0.1) is 0 Å². The third-order valence-electron chi connectivity index (χ3n) is 2.36. The minimum absolute atomic E-state index is 0.0236. The van der Waals surface area contributed by atoms with Crippen LogP contribution in [0.2, 0.25) is 0 Å². The van der Waals surface area contributed by atoms with Gasteiger partial charge in [0.2, 0.25) is 0 Å². The molecule has 1 heterocycles. The van der Waals surface area contributed by atoms with Crippen molar-refractivity contribution in [3.8, 4) is 5.75 Å². The van der Waals surface area contributed by atoms with E-state index in [0.717, 1.165) is 5.56 Å². The van der Waals surface area contributed by atoms with Gasteiger partial charge in [-0.3, -0.25) is 4.79 Å². The normalized spacial score (nSPS) is 10.2. The van der Waals surface area contributed by atoms with E-state index in [1.165, 1.54) is 11.3 Å². The highest BCUT2D eigenvalue weighted by molar-refractivity contribution is 7.80. The van der Waals surface area contributed by atoms with Crippen LogP contribution in [0.25, 0.3) is 0 Å². The van der Waals surface area contributed by atoms with E-state index in [0.29, 0.717) is 23.9 Å². The molecule has 0 radical (unpaired) electrons. The van der Waals surface area contributed by atoms with Crippen LogP contribution in [-0.4, -0.2) is 16.2 Å². The number of hydrogen-bond donors (Lipinski definition) is 1. The molecule has 0 aliphatic carbocycles. The van der Waals surface area contributed by atoms with Gasteiger partial charge in [-0.05, 0) is 12.1 Å². The average Bonchev–Trinajstić information content (AvgIpc) is 2.76. The van der Waals surface area contributed by atoms with Crippen molar-refractivity contribution in [2.45, 2.75) is 6.54 Å². The van der Waals surface area contributed by atoms with Gasteiger partial charge in [-0.1, -0.05) is 35.7 Å². The Balaban J connectivity index is 1.94. The topological polar surface area (TPSA) is 57.2 Å². The van der Waals surface area contributed by atoms with E-state index in [1.807, 2.05) is 18.2 Å². The molecule has 0 fully saturated rings. The highest BCUT2D eigenvalue weighted by atomic mass is 32.1. The predicted molar refractivity (Wildman–Crippen MR) is 76.4 cm³/mol. The number of nitrogens with two attached hydrogens (primary N) is 1. The fourth-order valence-electron chi connectivity index (χ4n) is 1.46. The molecule has 0 saturated heterocycles. The van der Waals surface area contributed by atoms with Gasteiger partial charge in [0, 0.05) is 17.1 Å². The number of hydrogen-bond acceptors (Lipinski definition) is 4. The lowest BCUT2D eigenvalue weighted by atomic mass is 10.2. The zero-order chi connectivity index (χ0) is 13.0. The average molecular weight is 280 g/mol. The summed E-state index contributed by atoms with van der Waals surface area (Å²) in [6, 6.07) is 7.29. The van der Waals surface area contributed by atoms with Gasteiger partial charge in [-0.15, -0.1) is 0 Å². The molecule has 94 valence electrons. The molecule has 0 bridgehead atoms. The third-order valence-corrected chi connectivity index (χ3v) is 3.29. The molecule has 0 atom stereocenters. The fraction of sp³-hybridized carbons (Fsp3) is 0.167. The first kappa shape index (κ1) is 12.8. The zero-order valence-corrected chi connectivity index (χ0v) is 11.2. The predicted octanol–water partition coefficient (Wildman–Crippen LogP) is 1.62. The maximum Gasteiger partial charge on any atom is 0.307 e. The molecule has 1 aromatic heterocycles. The fourth-order valence-corrected chi connectivity index (χ4v) is 2.20. The summed E-state index contributed by atoms with van der Waals surface area (Å²) in [6.45, 7) is 0.955. The first-order valence-corrected chi connectivity index (χ1v) is 6.62. The summed E-state index contributed by atoms with van der Waals surface area (Å²) in [5.41, 5.74) is 6.31. The van der Waals surface area contributed by atoms with Crippen LogP contribution in [0.1, 0.15) is 5.56 Å². The van der Waals surface area contributed by atoms with Crippen LogP contribution in [-0.2, 0) is 6.54 Å². The third kappa shape index (κ3) is 3.18. The summed E-state index contributed by atoms with van der Waals surface area (Å²) >= 11 is 6.07. The van der Waals surface area contributed by atoms with Gasteiger partial charge in [0.15, 0.2) is 0 Å². The molecular formula is C12H12N2O2S2. The Labute approximate surface area is 114 Å². The number of thiazole rings is 1. The van der Waals surface area contributed by atoms with Gasteiger partial charge in [-0.25, -0.2) is 0 Å². The molecule has 2 aromatic rings. The van der Waals surface area contributed by atoms with Gasteiger partial charge in [0.05, 0.1) is 6.54 Å². The lowest BCUT2D eigenvalue weighted by molar-refractivity contribution is 0.297. The first-order chi connectivity index (χ1) is 8.66. The van der Waals surface area contributed by atoms with Crippen LogP contribution in [0.4, 0.5) is 0 Å². The molecule has 0 saturated carbocycles. The Bertz CT molecular complexity index is 604. The van der Waals surface area contributed by atoms with E-state index in [1.54, 1.807) is 22.2 Å². The molecule has 0 spiro atoms. The van der Waals surface area contributed by atoms with E-state index in [-0.39, 0.29) is 4.87 Å². The molecule has 0 amide bonds. The first-order valence-electron chi connectivity index (χ1n) is 5.33. The molecule has 18 heavy (non-hydrogen) atoms. The van der Waals surface area contributed by atoms with Crippen LogP contribution in [0.5, 0.6) is 5.75 Å². The number of rotatable bonds is 5. The summed E-state index contributed by atoms with van der Waals surface area (Å²) in [5.74, 6) is 0.698. The highest BCUT2D eigenvalue weighted by Gasteiger charge is 2.00. The van der Waals surface area contributed by atoms with E-state index in [2.05, 4.69) is 0 Å². The Kier molecular flexibility index (Phi) is 4.11. The number of benzene rings is 1. The van der Waals surface area contributed by atoms with Crippen LogP contribution in [0.15, 0.2) is 40.6 Å². The molecule has 2 N–H and O–H groups in total. The van der Waals surface area contributed by atoms with Crippen molar-refractivity contribution < 1.29 is 4.74 Å². The van der Waals surface area contributed by atoms with Crippen LogP contribution >= 0.6 is 23.6 Å². The van der Waals surface area contributed by atoms with Crippen LogP contribution in [0.3, 0.4) is 0 Å². The minimum atomic E-state index is 0.0236. The van der Waals surface area contributed by atoms with E-state index in [4.69, 9.17) is 22.7 Å². The SMILES string of the molecule is NC(=S)c1cccc(OCCn2ccsc2=O)c1. The van der Waals surface area contributed by atoms with Gasteiger partial charge in [0.25, 0.3) is 0 Å². The quantitative estimate of drug-likeness (QED) is 0.846. The maximum absolute atomic E-state index is 11.3. The van der Waals surface area contributed by atoms with Crippen molar-refractivity contribution in [3.63, 3.8) is 0 Å². The molecule has 4 nitrogen and oxygen atoms in total. The number of nitrogens with zero attached hydrogens (tertiary/aromatic N) is 1. The second-order valence-corrected chi connectivity index (χ2v) is 4.90. The molecule has 0 aliphatic heterocycles. The molecule has 2 rings (SSSR count). The van der Waals surface area contributed by atoms with Gasteiger partial charge in [0.1, 0.15) is 17.3 Å². The van der Waals surface area contributed by atoms with Crippen molar-refractivity contribution in [1.29, 1.82) is 0 Å². The lowest BCUT2D eigenvalue weighted by Crippen LogP contribution is -2.17. The Hall–Kier alpha value is -1.66. The number of ether oxygens (including phenoxy) is 1. The Morgan fingerprint density at radius 2 is 2.33 bits per heavy atom. The molecule has 1 aromatic carbocycles. The Morgan fingerprint density at radius 3 is 3.00 bits per heavy atom. The maximum atomic E-state index is 11.3. The largest absolute Gasteiger partial charge is 0.492 e. The monoisotopic (exact) mass is 280 g/mol. The van der Waals surface area contributed by atoms with Crippen molar-refractivity contribution in [2.75, 3.05) is 6.61 Å². The lowest BCUT2D eigenvalue weighted by Gasteiger charge is -2.07. The van der Waals surface area contributed by atoms with Gasteiger partial charge >= 0.3 is 4.87 Å². The molecular weight excluding hydrogens is 268 g/mol. The van der Waals surface area contributed by atoms with E-state index >= 15 is 0 Å². The minimum Gasteiger partial charge on any atom is -0.492 e. The highest BCUT2D eigenvalue weighted by Crippen LogP contribution is 2.13. The summed E-state index contributed by atoms with van der Waals surface area (Å²) in [4.78, 5) is 11.7. The van der Waals surface area contributed by atoms with Crippen LogP contribution < -0.4 is 15.3 Å². The number of thiocarbonyl (C=S) groups is 1. The second kappa shape index (κ2) is 5.79. The summed E-state index contributed by atoms with van der Waals surface area (Å²) in [6.07, 6.45) is 1.75. The van der Waals surface area contributed by atoms with E-state index < -0.39 is 0 Å². The Morgan fingerprint density at radius 1 is 1.50 bits per heavy atom. The van der Waals surface area contributed by atoms with E-state index in [9.17, 15) is 4.79 Å². The van der Waals surface area contributed by atoms with Gasteiger partial charge < -0.3 is 15.0 Å². The molecule has 6 heteroatoms. The smallest absolute Gasteiger partial charge is 0.307 e. The van der Waals surface area contributed by atoms with Crippen molar-refractivity contribution >= 4 is 28.5 Å².